The second kappa shape index (κ2) is 8.34. The van der Waals surface area contributed by atoms with Gasteiger partial charge in [-0.3, -0.25) is 4.90 Å². The van der Waals surface area contributed by atoms with E-state index >= 15 is 0 Å². The lowest BCUT2D eigenvalue weighted by molar-refractivity contribution is 0.140. The molecule has 1 aromatic rings. The highest BCUT2D eigenvalue weighted by Gasteiger charge is 2.20. The quantitative estimate of drug-likeness (QED) is 0.756. The smallest absolute Gasteiger partial charge is 0.0206 e. The van der Waals surface area contributed by atoms with Crippen molar-refractivity contribution in [3.05, 3.63) is 35.9 Å². The van der Waals surface area contributed by atoms with Crippen molar-refractivity contribution in [3.63, 3.8) is 0 Å². The van der Waals surface area contributed by atoms with Crippen molar-refractivity contribution >= 4 is 0 Å². The van der Waals surface area contributed by atoms with Crippen LogP contribution in [0.2, 0.25) is 0 Å². The number of piperidine rings is 1. The zero-order valence-corrected chi connectivity index (χ0v) is 12.3. The first-order chi connectivity index (χ1) is 9.40. The fraction of sp³-hybridized carbons (Fsp3) is 0.647. The fourth-order valence-electron chi connectivity index (χ4n) is 3.07. The van der Waals surface area contributed by atoms with Gasteiger partial charge in [-0.05, 0) is 31.4 Å². The summed E-state index contributed by atoms with van der Waals surface area (Å²) < 4.78 is 0. The van der Waals surface area contributed by atoms with Crippen LogP contribution >= 0.6 is 0 Å². The molecule has 2 nitrogen and oxygen atoms in total. The summed E-state index contributed by atoms with van der Waals surface area (Å²) in [7, 11) is 0. The first-order valence-electron chi connectivity index (χ1n) is 7.89. The zero-order chi connectivity index (χ0) is 13.3. The van der Waals surface area contributed by atoms with Crippen molar-refractivity contribution in [1.82, 2.24) is 10.2 Å². The van der Waals surface area contributed by atoms with Gasteiger partial charge in [0.15, 0.2) is 0 Å². The number of likely N-dealkylation sites (tertiary alicyclic amines) is 1. The van der Waals surface area contributed by atoms with Crippen LogP contribution in [0, 0.1) is 0 Å². The Kier molecular flexibility index (Phi) is 6.38. The Bertz CT molecular complexity index is 334. The number of nitrogens with one attached hydrogen (secondary N) is 1. The molecule has 1 heterocycles. The van der Waals surface area contributed by atoms with E-state index in [1.165, 1.54) is 50.8 Å². The van der Waals surface area contributed by atoms with Gasteiger partial charge in [0.25, 0.3) is 0 Å². The van der Waals surface area contributed by atoms with Gasteiger partial charge in [0.2, 0.25) is 0 Å². The van der Waals surface area contributed by atoms with Gasteiger partial charge in [-0.2, -0.15) is 0 Å². The molecule has 1 N–H and O–H groups in total. The molecule has 0 saturated carbocycles. The van der Waals surface area contributed by atoms with Crippen molar-refractivity contribution in [3.8, 4) is 0 Å². The van der Waals surface area contributed by atoms with Crippen LogP contribution in [0.25, 0.3) is 0 Å². The summed E-state index contributed by atoms with van der Waals surface area (Å²) in [6, 6.07) is 11.5. The van der Waals surface area contributed by atoms with Crippen LogP contribution in [-0.4, -0.2) is 30.6 Å². The van der Waals surface area contributed by atoms with Gasteiger partial charge >= 0.3 is 0 Å². The summed E-state index contributed by atoms with van der Waals surface area (Å²) in [6.07, 6.45) is 6.92. The summed E-state index contributed by atoms with van der Waals surface area (Å²) in [4.78, 5) is 2.70. The Labute approximate surface area is 118 Å². The van der Waals surface area contributed by atoms with Gasteiger partial charge in [0.05, 0.1) is 0 Å². The van der Waals surface area contributed by atoms with Gasteiger partial charge in [0, 0.05) is 25.7 Å². The molecule has 1 atom stereocenters. The molecule has 0 radical (unpaired) electrons. The molecule has 1 saturated heterocycles. The zero-order valence-electron chi connectivity index (χ0n) is 12.3. The first kappa shape index (κ1) is 14.5. The number of hydrogen-bond donors (Lipinski definition) is 1. The van der Waals surface area contributed by atoms with Crippen LogP contribution in [-0.2, 0) is 6.54 Å². The third-order valence-corrected chi connectivity index (χ3v) is 4.12. The molecule has 0 amide bonds. The number of nitrogens with zero attached hydrogens (tertiary/aromatic N) is 1. The topological polar surface area (TPSA) is 15.3 Å². The SMILES string of the molecule is CCCC1CCCCN1CCNCc1ccccc1. The van der Waals surface area contributed by atoms with Gasteiger partial charge in [-0.1, -0.05) is 50.1 Å². The van der Waals surface area contributed by atoms with E-state index in [2.05, 4.69) is 47.5 Å². The standard InChI is InChI=1S/C17H28N2/c1-2-8-17-11-6-7-13-19(17)14-12-18-15-16-9-4-3-5-10-16/h3-5,9-10,17-18H,2,6-8,11-15H2,1H3. The molecular formula is C17H28N2. The monoisotopic (exact) mass is 260 g/mol. The minimum atomic E-state index is 0.845. The molecule has 1 unspecified atom stereocenters. The maximum atomic E-state index is 3.57. The molecule has 1 fully saturated rings. The summed E-state index contributed by atoms with van der Waals surface area (Å²) in [5.41, 5.74) is 1.38. The van der Waals surface area contributed by atoms with Gasteiger partial charge in [0.1, 0.15) is 0 Å². The molecular weight excluding hydrogens is 232 g/mol. The van der Waals surface area contributed by atoms with Crippen molar-refractivity contribution in [2.75, 3.05) is 19.6 Å². The lowest BCUT2D eigenvalue weighted by Gasteiger charge is -2.35. The van der Waals surface area contributed by atoms with Crippen LogP contribution < -0.4 is 5.32 Å². The van der Waals surface area contributed by atoms with Crippen LogP contribution in [0.4, 0.5) is 0 Å². The third-order valence-electron chi connectivity index (χ3n) is 4.12. The Hall–Kier alpha value is -0.860. The van der Waals surface area contributed by atoms with Crippen molar-refractivity contribution in [2.45, 2.75) is 51.6 Å². The second-order valence-electron chi connectivity index (χ2n) is 5.64. The average molecular weight is 260 g/mol. The van der Waals surface area contributed by atoms with Crippen molar-refractivity contribution in [2.24, 2.45) is 0 Å². The van der Waals surface area contributed by atoms with E-state index in [0.29, 0.717) is 0 Å². The van der Waals surface area contributed by atoms with Crippen molar-refractivity contribution in [1.29, 1.82) is 0 Å². The van der Waals surface area contributed by atoms with Crippen molar-refractivity contribution < 1.29 is 0 Å². The Balaban J connectivity index is 1.66. The molecule has 2 heteroatoms. The molecule has 0 bridgehead atoms. The molecule has 1 aromatic carbocycles. The minimum absolute atomic E-state index is 0.845. The van der Waals surface area contributed by atoms with Gasteiger partial charge in [-0.25, -0.2) is 0 Å². The molecule has 1 aliphatic heterocycles. The van der Waals surface area contributed by atoms with E-state index in [-0.39, 0.29) is 0 Å². The lowest BCUT2D eigenvalue weighted by atomic mass is 9.98. The summed E-state index contributed by atoms with van der Waals surface area (Å²) in [5, 5.41) is 3.57. The Morgan fingerprint density at radius 2 is 2.05 bits per heavy atom. The van der Waals surface area contributed by atoms with Crippen LogP contribution in [0.1, 0.15) is 44.6 Å². The molecule has 2 rings (SSSR count). The number of benzene rings is 1. The Morgan fingerprint density at radius 1 is 1.21 bits per heavy atom. The predicted octanol–water partition coefficient (Wildman–Crippen LogP) is 3.43. The van der Waals surface area contributed by atoms with E-state index < -0.39 is 0 Å². The van der Waals surface area contributed by atoms with E-state index in [1.54, 1.807) is 0 Å². The van der Waals surface area contributed by atoms with Crippen LogP contribution in [0.15, 0.2) is 30.3 Å². The molecule has 0 spiro atoms. The largest absolute Gasteiger partial charge is 0.311 e. The number of hydrogen-bond acceptors (Lipinski definition) is 2. The highest BCUT2D eigenvalue weighted by atomic mass is 15.2. The van der Waals surface area contributed by atoms with Gasteiger partial charge < -0.3 is 5.32 Å². The minimum Gasteiger partial charge on any atom is -0.311 e. The third kappa shape index (κ3) is 4.96. The predicted molar refractivity (Wildman–Crippen MR) is 82.3 cm³/mol. The first-order valence-corrected chi connectivity index (χ1v) is 7.89. The Morgan fingerprint density at radius 3 is 2.84 bits per heavy atom. The molecule has 0 aliphatic carbocycles. The highest BCUT2D eigenvalue weighted by molar-refractivity contribution is 5.14. The maximum Gasteiger partial charge on any atom is 0.0206 e. The molecule has 0 aromatic heterocycles. The normalized spacial score (nSPS) is 20.6. The fourth-order valence-corrected chi connectivity index (χ4v) is 3.07. The highest BCUT2D eigenvalue weighted by Crippen LogP contribution is 2.20. The summed E-state index contributed by atoms with van der Waals surface area (Å²) >= 11 is 0. The van der Waals surface area contributed by atoms with Crippen LogP contribution in [0.5, 0.6) is 0 Å². The second-order valence-corrected chi connectivity index (χ2v) is 5.64. The van der Waals surface area contributed by atoms with E-state index in [4.69, 9.17) is 0 Å². The van der Waals surface area contributed by atoms with E-state index in [9.17, 15) is 0 Å². The van der Waals surface area contributed by atoms with Crippen LogP contribution in [0.3, 0.4) is 0 Å². The molecule has 106 valence electrons. The average Bonchev–Trinajstić information content (AvgIpc) is 2.47. The number of rotatable bonds is 7. The van der Waals surface area contributed by atoms with E-state index in [1.807, 2.05) is 0 Å². The molecule has 1 aliphatic rings. The van der Waals surface area contributed by atoms with E-state index in [0.717, 1.165) is 19.1 Å². The maximum absolute atomic E-state index is 3.57. The summed E-state index contributed by atoms with van der Waals surface area (Å²) in [6.45, 7) is 6.91. The lowest BCUT2D eigenvalue weighted by Crippen LogP contribution is -2.42. The summed E-state index contributed by atoms with van der Waals surface area (Å²) in [5.74, 6) is 0. The van der Waals surface area contributed by atoms with Gasteiger partial charge in [-0.15, -0.1) is 0 Å². The molecule has 19 heavy (non-hydrogen) atoms.